The van der Waals surface area contributed by atoms with Gasteiger partial charge >= 0.3 is 5.69 Å². The fourth-order valence-corrected chi connectivity index (χ4v) is 5.40. The van der Waals surface area contributed by atoms with Gasteiger partial charge in [-0.25, -0.2) is 4.79 Å². The van der Waals surface area contributed by atoms with Gasteiger partial charge in [-0.05, 0) is 32.6 Å². The number of nitrogens with two attached hydrogens (primary N) is 1. The molecule has 1 saturated heterocycles. The van der Waals surface area contributed by atoms with Gasteiger partial charge in [0.05, 0.1) is 24.3 Å². The van der Waals surface area contributed by atoms with Crippen LogP contribution in [-0.4, -0.2) is 42.8 Å². The van der Waals surface area contributed by atoms with Gasteiger partial charge in [-0.1, -0.05) is 30.2 Å². The minimum Gasteiger partial charge on any atom is -0.341 e. The molecular weight excluding hydrogens is 480 g/mol. The molecule has 1 aliphatic carbocycles. The van der Waals surface area contributed by atoms with Crippen LogP contribution in [0.25, 0.3) is 21.9 Å². The molecule has 38 heavy (non-hydrogen) atoms. The number of nitriles is 1. The first-order valence-electron chi connectivity index (χ1n) is 12.9. The summed E-state index contributed by atoms with van der Waals surface area (Å²) in [5, 5.41) is 11.0. The molecule has 0 amide bonds. The summed E-state index contributed by atoms with van der Waals surface area (Å²) in [4.78, 5) is 39.4. The average Bonchev–Trinajstić information content (AvgIpc) is 3.69. The summed E-state index contributed by atoms with van der Waals surface area (Å²) in [5.74, 6) is 6.63. The van der Waals surface area contributed by atoms with E-state index in [2.05, 4.69) is 27.8 Å². The van der Waals surface area contributed by atoms with E-state index >= 15 is 0 Å². The van der Waals surface area contributed by atoms with E-state index in [0.29, 0.717) is 34.9 Å². The minimum atomic E-state index is -0.421. The van der Waals surface area contributed by atoms with Gasteiger partial charge in [0.2, 0.25) is 5.95 Å². The van der Waals surface area contributed by atoms with Crippen LogP contribution < -0.4 is 21.9 Å². The summed E-state index contributed by atoms with van der Waals surface area (Å²) in [5.41, 5.74) is 7.23. The lowest BCUT2D eigenvalue weighted by Crippen LogP contribution is -2.44. The number of imidazole rings is 1. The smallest absolute Gasteiger partial charge is 0.333 e. The first-order chi connectivity index (χ1) is 18.5. The van der Waals surface area contributed by atoms with Crippen molar-refractivity contribution in [3.05, 3.63) is 62.6 Å². The van der Waals surface area contributed by atoms with Crippen molar-refractivity contribution in [1.82, 2.24) is 23.7 Å². The second-order valence-corrected chi connectivity index (χ2v) is 10.00. The van der Waals surface area contributed by atoms with Crippen LogP contribution in [0.3, 0.4) is 0 Å². The van der Waals surface area contributed by atoms with Crippen molar-refractivity contribution >= 4 is 27.9 Å². The zero-order valence-corrected chi connectivity index (χ0v) is 21.2. The van der Waals surface area contributed by atoms with Crippen LogP contribution in [0.1, 0.15) is 49.9 Å². The first kappa shape index (κ1) is 24.0. The lowest BCUT2D eigenvalue weighted by atomic mass is 10.1. The van der Waals surface area contributed by atoms with E-state index in [1.165, 1.54) is 10.8 Å². The SMILES string of the molecule is CC#CCn1c(N2CCCC(N)C2)nc2c1c(=O)n(Cc1ncc(C#N)c3ccccc13)c(=O)n2C1CC1. The van der Waals surface area contributed by atoms with Gasteiger partial charge in [0.15, 0.2) is 11.2 Å². The lowest BCUT2D eigenvalue weighted by Gasteiger charge is -2.31. The highest BCUT2D eigenvalue weighted by atomic mass is 16.2. The van der Waals surface area contributed by atoms with E-state index in [1.807, 2.05) is 28.8 Å². The monoisotopic (exact) mass is 508 g/mol. The highest BCUT2D eigenvalue weighted by Gasteiger charge is 2.33. The number of piperidine rings is 1. The predicted molar refractivity (Wildman–Crippen MR) is 145 cm³/mol. The predicted octanol–water partition coefficient (Wildman–Crippen LogP) is 2.11. The maximum absolute atomic E-state index is 14.1. The Kier molecular flexibility index (Phi) is 5.97. The fourth-order valence-electron chi connectivity index (χ4n) is 5.40. The average molecular weight is 509 g/mol. The van der Waals surface area contributed by atoms with Crippen LogP contribution in [-0.2, 0) is 13.1 Å². The van der Waals surface area contributed by atoms with Crippen molar-refractivity contribution in [2.45, 2.75) is 57.8 Å². The number of rotatable bonds is 5. The summed E-state index contributed by atoms with van der Waals surface area (Å²) in [7, 11) is 0. The molecular formula is C28H28N8O2. The van der Waals surface area contributed by atoms with Gasteiger partial charge in [-0.3, -0.25) is 23.5 Å². The molecule has 4 heterocycles. The van der Waals surface area contributed by atoms with Crippen molar-refractivity contribution in [3.63, 3.8) is 0 Å². The van der Waals surface area contributed by atoms with Gasteiger partial charge in [-0.2, -0.15) is 10.2 Å². The van der Waals surface area contributed by atoms with E-state index in [9.17, 15) is 14.9 Å². The molecule has 4 aromatic rings. The molecule has 2 aliphatic rings. The third kappa shape index (κ3) is 3.94. The third-order valence-corrected chi connectivity index (χ3v) is 7.41. The van der Waals surface area contributed by atoms with Crippen LogP contribution in [0.15, 0.2) is 40.1 Å². The molecule has 0 spiro atoms. The Labute approximate surface area is 218 Å². The Bertz CT molecular complexity index is 1790. The number of nitrogens with zero attached hydrogens (tertiary/aromatic N) is 7. The van der Waals surface area contributed by atoms with Gasteiger partial charge < -0.3 is 10.6 Å². The molecule has 10 heteroatoms. The van der Waals surface area contributed by atoms with Gasteiger partial charge in [0.1, 0.15) is 6.07 Å². The van der Waals surface area contributed by atoms with Crippen molar-refractivity contribution in [1.29, 1.82) is 5.26 Å². The highest BCUT2D eigenvalue weighted by Crippen LogP contribution is 2.36. The summed E-state index contributed by atoms with van der Waals surface area (Å²) < 4.78 is 4.77. The zero-order chi connectivity index (χ0) is 26.4. The largest absolute Gasteiger partial charge is 0.341 e. The van der Waals surface area contributed by atoms with Crippen molar-refractivity contribution < 1.29 is 0 Å². The summed E-state index contributed by atoms with van der Waals surface area (Å²) in [6.45, 7) is 3.44. The van der Waals surface area contributed by atoms with Crippen LogP contribution in [0.2, 0.25) is 0 Å². The maximum Gasteiger partial charge on any atom is 0.333 e. The Morgan fingerprint density at radius 2 is 1.92 bits per heavy atom. The first-order valence-corrected chi connectivity index (χ1v) is 12.9. The van der Waals surface area contributed by atoms with E-state index in [0.717, 1.165) is 43.0 Å². The Morgan fingerprint density at radius 3 is 2.63 bits per heavy atom. The van der Waals surface area contributed by atoms with E-state index in [4.69, 9.17) is 10.7 Å². The van der Waals surface area contributed by atoms with Gasteiger partial charge in [-0.15, -0.1) is 5.92 Å². The molecule has 2 N–H and O–H groups in total. The Hall–Kier alpha value is -4.41. The number of fused-ring (bicyclic) bond motifs is 2. The second-order valence-electron chi connectivity index (χ2n) is 10.00. The Balaban J connectivity index is 1.59. The van der Waals surface area contributed by atoms with Gasteiger partial charge in [0, 0.05) is 42.1 Å². The molecule has 2 fully saturated rings. The van der Waals surface area contributed by atoms with Crippen molar-refractivity contribution in [2.24, 2.45) is 5.73 Å². The molecule has 0 radical (unpaired) electrons. The molecule has 6 rings (SSSR count). The lowest BCUT2D eigenvalue weighted by molar-refractivity contribution is 0.496. The van der Waals surface area contributed by atoms with Crippen molar-refractivity contribution in [2.75, 3.05) is 18.0 Å². The van der Waals surface area contributed by atoms with Gasteiger partial charge in [0.25, 0.3) is 5.56 Å². The van der Waals surface area contributed by atoms with Crippen LogP contribution in [0.4, 0.5) is 5.95 Å². The van der Waals surface area contributed by atoms with Crippen LogP contribution in [0.5, 0.6) is 0 Å². The molecule has 1 saturated carbocycles. The topological polar surface area (TPSA) is 128 Å². The molecule has 3 aromatic heterocycles. The number of anilines is 1. The van der Waals surface area contributed by atoms with Crippen LogP contribution in [0, 0.1) is 23.2 Å². The third-order valence-electron chi connectivity index (χ3n) is 7.41. The van der Waals surface area contributed by atoms with Crippen molar-refractivity contribution in [3.8, 4) is 17.9 Å². The van der Waals surface area contributed by atoms with E-state index in [1.54, 1.807) is 11.5 Å². The number of pyridine rings is 1. The fraction of sp³-hybridized carbons (Fsp3) is 0.393. The molecule has 1 aromatic carbocycles. The number of benzene rings is 1. The number of hydrogen-bond donors (Lipinski definition) is 1. The van der Waals surface area contributed by atoms with Crippen LogP contribution >= 0.6 is 0 Å². The minimum absolute atomic E-state index is 0.000379. The maximum atomic E-state index is 14.1. The number of hydrogen-bond acceptors (Lipinski definition) is 7. The number of aromatic nitrogens is 5. The molecule has 192 valence electrons. The molecule has 1 unspecified atom stereocenters. The normalized spacial score (nSPS) is 17.4. The quantitative estimate of drug-likeness (QED) is 0.409. The standard InChI is InChI=1S/C28H28N8O2/c1-2-3-13-34-24-25(32-27(34)33-12-6-7-19(30)16-33)36(20-10-11-20)28(38)35(26(24)37)17-23-22-9-5-4-8-21(22)18(14-29)15-31-23/h4-5,8-9,15,19-20H,6-7,10-13,16-17,30H2,1H3. The zero-order valence-electron chi connectivity index (χ0n) is 21.2. The highest BCUT2D eigenvalue weighted by molar-refractivity contribution is 5.89. The van der Waals surface area contributed by atoms with E-state index in [-0.39, 0.29) is 25.2 Å². The summed E-state index contributed by atoms with van der Waals surface area (Å²) in [6, 6.07) is 9.61. The molecule has 10 nitrogen and oxygen atoms in total. The summed E-state index contributed by atoms with van der Waals surface area (Å²) >= 11 is 0. The van der Waals surface area contributed by atoms with E-state index < -0.39 is 11.2 Å². The summed E-state index contributed by atoms with van der Waals surface area (Å²) in [6.07, 6.45) is 5.09. The molecule has 1 atom stereocenters. The molecule has 1 aliphatic heterocycles. The second kappa shape index (κ2) is 9.47. The Morgan fingerprint density at radius 1 is 1.13 bits per heavy atom. The molecule has 0 bridgehead atoms.